The van der Waals surface area contributed by atoms with Crippen molar-refractivity contribution in [1.82, 2.24) is 13.3 Å². The molecular weight excluding hydrogens is 609 g/mol. The number of allylic oxidation sites excluding steroid dienone is 3. The second-order valence-corrected chi connectivity index (χ2v) is 8.34. The maximum absolute atomic E-state index is 11.9. The molecule has 0 atom stereocenters. The summed E-state index contributed by atoms with van der Waals surface area (Å²) in [6.45, 7) is 5.42. The van der Waals surface area contributed by atoms with Crippen molar-refractivity contribution in [1.29, 1.82) is 0 Å². The van der Waals surface area contributed by atoms with Gasteiger partial charge in [-0.1, -0.05) is 36.9 Å². The van der Waals surface area contributed by atoms with Crippen LogP contribution < -0.4 is 25.4 Å². The van der Waals surface area contributed by atoms with Gasteiger partial charge in [-0.25, -0.2) is 0 Å². The number of hydrogen-bond acceptors (Lipinski definition) is 4. The van der Waals surface area contributed by atoms with Crippen LogP contribution in [-0.4, -0.2) is 38.5 Å². The number of carbonyl (C=O) groups excluding carboxylic acids is 1. The summed E-state index contributed by atoms with van der Waals surface area (Å²) in [6.07, 6.45) is 7.11. The second kappa shape index (κ2) is 14.9. The van der Waals surface area contributed by atoms with E-state index in [9.17, 15) is 4.79 Å². The summed E-state index contributed by atoms with van der Waals surface area (Å²) >= 11 is 0.959. The predicted octanol–water partition coefficient (Wildman–Crippen LogP) is 3.05. The molecule has 6 nitrogen and oxygen atoms in total. The molecule has 0 saturated heterocycles. The average Bonchev–Trinajstić information content (AvgIpc) is 3.39. The van der Waals surface area contributed by atoms with Crippen LogP contribution in [0, 0.1) is 0 Å². The Balaban J connectivity index is 0.000000734. The normalized spacial score (nSPS) is 11.7. The Hall–Kier alpha value is -3.52. The molecule has 37 heavy (non-hydrogen) atoms. The first-order valence-corrected chi connectivity index (χ1v) is 12.7. The molecule has 1 heterocycles. The molecule has 0 fully saturated rings. The number of aromatic nitrogens is 2. The zero-order chi connectivity index (χ0) is 25.9. The van der Waals surface area contributed by atoms with Crippen molar-refractivity contribution in [3.63, 3.8) is 0 Å². The van der Waals surface area contributed by atoms with E-state index in [0.717, 1.165) is 55.8 Å². The summed E-state index contributed by atoms with van der Waals surface area (Å²) in [7, 11) is 0. The van der Waals surface area contributed by atoms with Crippen LogP contribution in [0.15, 0.2) is 110 Å². The van der Waals surface area contributed by atoms with E-state index in [0.29, 0.717) is 11.4 Å². The van der Waals surface area contributed by atoms with E-state index in [2.05, 4.69) is 10.1 Å². The van der Waals surface area contributed by atoms with Gasteiger partial charge in [0.25, 0.3) is 0 Å². The van der Waals surface area contributed by atoms with Crippen molar-refractivity contribution in [2.45, 2.75) is 6.92 Å². The maximum Gasteiger partial charge on any atom is 0 e. The van der Waals surface area contributed by atoms with E-state index < -0.39 is 0 Å². The molecule has 0 aliphatic carbocycles. The summed E-state index contributed by atoms with van der Waals surface area (Å²) in [5.41, 5.74) is 16.5. The summed E-state index contributed by atoms with van der Waals surface area (Å²) in [6, 6.07) is 27.0. The zero-order valence-corrected chi connectivity index (χ0v) is 24.4. The van der Waals surface area contributed by atoms with E-state index in [4.69, 9.17) is 16.6 Å². The molecule has 4 aromatic rings. The quantitative estimate of drug-likeness (QED) is 0.232. The molecule has 8 heteroatoms. The number of nitrogens with two attached hydrogens (primary N) is 2. The Bertz CT molecular complexity index is 1480. The monoisotopic (exact) mass is 638 g/mol. The van der Waals surface area contributed by atoms with Crippen LogP contribution in [0.2, 0.25) is 0 Å². The Morgan fingerprint density at radius 1 is 1.00 bits per heavy atom. The number of hydrogen-bond donors (Lipinski definition) is 3. The molecule has 1 aromatic heterocycles. The molecule has 5 N–H and O–H groups in total. The van der Waals surface area contributed by atoms with Gasteiger partial charge in [-0.05, 0) is 6.92 Å². The maximum atomic E-state index is 11.9. The number of carbonyl (C=O) groups is 1. The van der Waals surface area contributed by atoms with Crippen molar-refractivity contribution in [2.75, 3.05) is 0 Å². The minimum atomic E-state index is -0.0956. The number of amides is 1. The molecular formula is C29H28FeN5OSn. The smallest absolute Gasteiger partial charge is 0 e. The summed E-state index contributed by atoms with van der Waals surface area (Å²) in [5.74, 6) is 0.371. The standard InChI is InChI=1S/C24H21N5O.C5H8.Fe.Sn/c25-15-19-8-4-5-9-20(19)23(26)29-22(17-10-12-18(13-11-17)24(27)30)14-21(28-29)16-6-2-1-3-7-16;1-3-5-4-2;;/h1-15H,(H6,25,26,27,28,30);3-5H,1H2,2H3;;/q;;;+1/p-1/b;5-4-;;. The topological polar surface area (TPSA) is 99.0 Å². The first-order chi connectivity index (χ1) is 17.5. The second-order valence-electron chi connectivity index (χ2n) is 7.62. The predicted molar refractivity (Wildman–Crippen MR) is 149 cm³/mol. The Labute approximate surface area is 241 Å². The number of nitrogens with zero attached hydrogens (tertiary/aromatic N) is 2. The van der Waals surface area contributed by atoms with Crippen LogP contribution in [0.5, 0.6) is 0 Å². The van der Waals surface area contributed by atoms with Gasteiger partial charge < -0.3 is 5.73 Å². The number of nitrogens with one attached hydrogen (secondary N) is 1. The minimum Gasteiger partial charge on any atom is 0 e. The van der Waals surface area contributed by atoms with Crippen LogP contribution in [0.1, 0.15) is 17.3 Å². The van der Waals surface area contributed by atoms with Crippen molar-refractivity contribution in [3.05, 3.63) is 126 Å². The van der Waals surface area contributed by atoms with Gasteiger partial charge in [0, 0.05) is 17.1 Å². The van der Waals surface area contributed by atoms with Gasteiger partial charge in [0.2, 0.25) is 0 Å². The summed E-state index contributed by atoms with van der Waals surface area (Å²) < 4.78 is 4.45. The molecule has 4 rings (SSSR count). The van der Waals surface area contributed by atoms with E-state index >= 15 is 0 Å². The average molecular weight is 637 g/mol. The van der Waals surface area contributed by atoms with Crippen LogP contribution >= 0.6 is 0 Å². The third-order valence-corrected chi connectivity index (χ3v) is 5.96. The van der Waals surface area contributed by atoms with Gasteiger partial charge in [0.05, 0.1) is 0 Å². The Morgan fingerprint density at radius 3 is 2.22 bits per heavy atom. The fraction of sp³-hybridized carbons (Fsp3) is 0.0345. The van der Waals surface area contributed by atoms with E-state index in [1.165, 1.54) is 6.20 Å². The van der Waals surface area contributed by atoms with Crippen molar-refractivity contribution in [2.24, 2.45) is 11.5 Å². The van der Waals surface area contributed by atoms with E-state index in [1.54, 1.807) is 22.9 Å². The van der Waals surface area contributed by atoms with Crippen molar-refractivity contribution < 1.29 is 21.9 Å². The molecule has 0 spiro atoms. The summed E-state index contributed by atoms with van der Waals surface area (Å²) in [4.78, 5) is 11.9. The fourth-order valence-electron chi connectivity index (χ4n) is 3.51. The van der Waals surface area contributed by atoms with Gasteiger partial charge >= 0.3 is 176 Å². The first kappa shape index (κ1) is 29.7. The number of benzene rings is 3. The largest absolute Gasteiger partial charge is 0 e. The molecule has 0 saturated carbocycles. The van der Waals surface area contributed by atoms with Crippen molar-refractivity contribution in [3.8, 4) is 22.5 Å². The molecule has 0 aliphatic heterocycles. The molecule has 1 amide bonds. The zero-order valence-electron chi connectivity index (χ0n) is 20.4. The summed E-state index contributed by atoms with van der Waals surface area (Å²) in [5, 5.41) is 6.42. The molecule has 0 unspecified atom stereocenters. The third kappa shape index (κ3) is 7.49. The molecule has 3 radical (unpaired) electrons. The van der Waals surface area contributed by atoms with Gasteiger partial charge in [-0.2, -0.15) is 0 Å². The van der Waals surface area contributed by atoms with Gasteiger partial charge in [-0.15, -0.1) is 0 Å². The Kier molecular flexibility index (Phi) is 12.0. The van der Waals surface area contributed by atoms with Crippen LogP contribution in [0.4, 0.5) is 0 Å². The fourth-order valence-corrected chi connectivity index (χ4v) is 3.92. The van der Waals surface area contributed by atoms with Gasteiger partial charge in [0.15, 0.2) is 0 Å². The molecule has 3 aromatic carbocycles. The molecule has 0 aliphatic rings. The minimum absolute atomic E-state index is 0. The van der Waals surface area contributed by atoms with Crippen LogP contribution in [-0.2, 0) is 17.1 Å². The van der Waals surface area contributed by atoms with E-state index in [1.807, 2.05) is 91.9 Å². The van der Waals surface area contributed by atoms with E-state index in [-0.39, 0.29) is 23.0 Å². The molecule has 0 bridgehead atoms. The van der Waals surface area contributed by atoms with Crippen molar-refractivity contribution >= 4 is 40.7 Å². The Morgan fingerprint density at radius 2 is 1.65 bits per heavy atom. The first-order valence-electron chi connectivity index (χ1n) is 11.3. The van der Waals surface area contributed by atoms with Gasteiger partial charge in [-0.3, -0.25) is 0 Å². The van der Waals surface area contributed by atoms with Crippen LogP contribution in [0.25, 0.3) is 34.5 Å². The third-order valence-electron chi connectivity index (χ3n) is 5.31. The number of rotatable bonds is 5. The molecule has 187 valence electrons. The SMILES string of the molecule is C=C/C=C\C.N/C=c1/cccc/c1=C(/N)n1nc(-c2ccccc2)cc1-c1ccc(C(=O)[NH][Sn])cc1.[Fe]. The van der Waals surface area contributed by atoms with Crippen LogP contribution in [0.3, 0.4) is 0 Å². The van der Waals surface area contributed by atoms with Gasteiger partial charge in [0.1, 0.15) is 0 Å².